The Balaban J connectivity index is 1.77. The summed E-state index contributed by atoms with van der Waals surface area (Å²) >= 11 is 4.40. The van der Waals surface area contributed by atoms with Crippen LogP contribution in [0.15, 0.2) is 59.6 Å². The summed E-state index contributed by atoms with van der Waals surface area (Å²) in [6.07, 6.45) is 2.79. The van der Waals surface area contributed by atoms with E-state index in [1.54, 1.807) is 36.4 Å². The van der Waals surface area contributed by atoms with Gasteiger partial charge in [0.25, 0.3) is 0 Å². The number of unbranched alkanes of at least 4 members (excludes halogenated alkanes) is 2. The van der Waals surface area contributed by atoms with Crippen LogP contribution in [0.4, 0.5) is 18.9 Å². The first-order valence-corrected chi connectivity index (χ1v) is 10.4. The highest BCUT2D eigenvalue weighted by Crippen LogP contribution is 2.29. The van der Waals surface area contributed by atoms with E-state index in [4.69, 9.17) is 0 Å². The lowest BCUT2D eigenvalue weighted by atomic mass is 10.0. The highest BCUT2D eigenvalue weighted by Gasteiger charge is 2.11. The van der Waals surface area contributed by atoms with Crippen LogP contribution >= 0.6 is 12.2 Å². The monoisotopic (exact) mass is 445 g/mol. The normalized spacial score (nSPS) is 9.75. The van der Waals surface area contributed by atoms with Crippen LogP contribution in [0, 0.1) is 41.1 Å². The smallest absolute Gasteiger partial charge is 0.153 e. The Morgan fingerprint density at radius 2 is 1.44 bits per heavy atom. The van der Waals surface area contributed by atoms with Gasteiger partial charge in [-0.3, -0.25) is 0 Å². The van der Waals surface area contributed by atoms with Crippen molar-refractivity contribution in [1.29, 1.82) is 0 Å². The minimum absolute atomic E-state index is 0.359. The SMILES string of the molecule is CCCCC#Cc1ccc(C#Cc2ccc(-c3cc(F)c(N=C=S)c(F)c3)cc2)cc1F. The molecule has 1 nitrogen and oxygen atoms in total. The van der Waals surface area contributed by atoms with Gasteiger partial charge in [0.2, 0.25) is 0 Å². The topological polar surface area (TPSA) is 12.4 Å². The van der Waals surface area contributed by atoms with Crippen LogP contribution in [0.25, 0.3) is 11.1 Å². The molecule has 32 heavy (non-hydrogen) atoms. The van der Waals surface area contributed by atoms with Gasteiger partial charge in [0.15, 0.2) is 11.6 Å². The molecular weight excluding hydrogens is 427 g/mol. The van der Waals surface area contributed by atoms with Crippen LogP contribution in [0.1, 0.15) is 42.9 Å². The molecule has 3 aromatic rings. The second-order valence-electron chi connectivity index (χ2n) is 6.92. The number of rotatable bonds is 4. The standard InChI is InChI=1S/C27H18F3NS/c1-2-3-4-5-6-22-14-11-20(15-24(22)28)8-7-19-9-12-21(13-10-19)23-16-25(29)27(31-18-32)26(30)17-23/h9-17H,2-4H2,1H3. The van der Waals surface area contributed by atoms with Gasteiger partial charge in [0.05, 0.1) is 10.7 Å². The van der Waals surface area contributed by atoms with Crippen molar-refractivity contribution < 1.29 is 13.2 Å². The Labute approximate surface area is 191 Å². The molecule has 158 valence electrons. The van der Waals surface area contributed by atoms with Crippen molar-refractivity contribution in [2.45, 2.75) is 26.2 Å². The molecule has 0 amide bonds. The molecule has 0 aromatic heterocycles. The first kappa shape index (κ1) is 23.0. The fourth-order valence-corrected chi connectivity index (χ4v) is 2.98. The van der Waals surface area contributed by atoms with Crippen LogP contribution in [0.5, 0.6) is 0 Å². The van der Waals surface area contributed by atoms with Gasteiger partial charge in [-0.1, -0.05) is 49.2 Å². The van der Waals surface area contributed by atoms with Crippen LogP contribution in [0.2, 0.25) is 0 Å². The summed E-state index contributed by atoms with van der Waals surface area (Å²) in [4.78, 5) is 3.40. The van der Waals surface area contributed by atoms with Crippen molar-refractivity contribution >= 4 is 23.1 Å². The third-order valence-corrected chi connectivity index (χ3v) is 4.68. The summed E-state index contributed by atoms with van der Waals surface area (Å²) in [5.41, 5.74) is 2.09. The summed E-state index contributed by atoms with van der Waals surface area (Å²) in [5.74, 6) is 9.66. The molecule has 0 bridgehead atoms. The van der Waals surface area contributed by atoms with E-state index in [2.05, 4.69) is 47.8 Å². The van der Waals surface area contributed by atoms with Crippen molar-refractivity contribution in [3.63, 3.8) is 0 Å². The number of isothiocyanates is 1. The van der Waals surface area contributed by atoms with Crippen molar-refractivity contribution in [3.8, 4) is 34.8 Å². The summed E-state index contributed by atoms with van der Waals surface area (Å²) in [6.45, 7) is 2.08. The Bertz CT molecular complexity index is 1280. The Morgan fingerprint density at radius 1 is 0.781 bits per heavy atom. The third-order valence-electron chi connectivity index (χ3n) is 4.59. The average Bonchev–Trinajstić information content (AvgIpc) is 2.79. The van der Waals surface area contributed by atoms with Crippen LogP contribution < -0.4 is 0 Å². The van der Waals surface area contributed by atoms with Crippen LogP contribution in [-0.4, -0.2) is 5.16 Å². The quantitative estimate of drug-likeness (QED) is 0.176. The van der Waals surface area contributed by atoms with Gasteiger partial charge in [-0.15, -0.1) is 0 Å². The molecule has 0 saturated heterocycles. The molecule has 0 heterocycles. The van der Waals surface area contributed by atoms with E-state index in [1.165, 1.54) is 18.2 Å². The lowest BCUT2D eigenvalue weighted by molar-refractivity contribution is 0.588. The second kappa shape index (κ2) is 11.1. The van der Waals surface area contributed by atoms with Gasteiger partial charge in [-0.25, -0.2) is 13.2 Å². The largest absolute Gasteiger partial charge is 0.206 e. The van der Waals surface area contributed by atoms with Gasteiger partial charge in [0, 0.05) is 17.5 Å². The zero-order chi connectivity index (χ0) is 22.9. The number of benzene rings is 3. The summed E-state index contributed by atoms with van der Waals surface area (Å²) in [7, 11) is 0. The van der Waals surface area contributed by atoms with Crippen molar-refractivity contribution in [2.75, 3.05) is 0 Å². The minimum atomic E-state index is -0.818. The van der Waals surface area contributed by atoms with Crippen LogP contribution in [0.3, 0.4) is 0 Å². The first-order chi connectivity index (χ1) is 15.5. The molecule has 5 heteroatoms. The maximum absolute atomic E-state index is 14.2. The molecule has 0 atom stereocenters. The minimum Gasteiger partial charge on any atom is -0.206 e. The van der Waals surface area contributed by atoms with E-state index in [-0.39, 0.29) is 0 Å². The summed E-state index contributed by atoms with van der Waals surface area (Å²) < 4.78 is 42.3. The molecule has 3 rings (SSSR count). The third kappa shape index (κ3) is 5.96. The zero-order valence-electron chi connectivity index (χ0n) is 17.3. The zero-order valence-corrected chi connectivity index (χ0v) is 18.1. The number of aliphatic imine (C=N–C) groups is 1. The molecule has 0 aliphatic rings. The number of halogens is 3. The molecule has 3 aromatic carbocycles. The van der Waals surface area contributed by atoms with Crippen LogP contribution in [-0.2, 0) is 0 Å². The fraction of sp³-hybridized carbons (Fsp3) is 0.148. The lowest BCUT2D eigenvalue weighted by Crippen LogP contribution is -1.87. The Morgan fingerprint density at radius 3 is 2.06 bits per heavy atom. The molecule has 0 aliphatic heterocycles. The molecule has 0 unspecified atom stereocenters. The number of hydrogen-bond acceptors (Lipinski definition) is 2. The molecule has 0 N–H and O–H groups in total. The highest BCUT2D eigenvalue weighted by molar-refractivity contribution is 7.78. The van der Waals surface area contributed by atoms with Crippen molar-refractivity contribution in [1.82, 2.24) is 0 Å². The van der Waals surface area contributed by atoms with E-state index in [9.17, 15) is 13.2 Å². The summed E-state index contributed by atoms with van der Waals surface area (Å²) in [6, 6.07) is 13.9. The van der Waals surface area contributed by atoms with Crippen molar-refractivity contribution in [3.05, 3.63) is 88.7 Å². The Kier molecular flexibility index (Phi) is 8.01. The predicted octanol–water partition coefficient (Wildman–Crippen LogP) is 7.45. The molecule has 0 aliphatic carbocycles. The van der Waals surface area contributed by atoms with E-state index in [0.717, 1.165) is 19.3 Å². The molecular formula is C27H18F3NS. The van der Waals surface area contributed by atoms with Gasteiger partial charge < -0.3 is 0 Å². The maximum atomic E-state index is 14.2. The molecule has 0 saturated carbocycles. The van der Waals surface area contributed by atoms with E-state index in [0.29, 0.717) is 27.8 Å². The lowest BCUT2D eigenvalue weighted by Gasteiger charge is -2.05. The van der Waals surface area contributed by atoms with Gasteiger partial charge in [-0.05, 0) is 72.2 Å². The number of nitrogens with zero attached hydrogens (tertiary/aromatic N) is 1. The fourth-order valence-electron chi connectivity index (χ4n) is 2.89. The molecule has 0 spiro atoms. The number of thiocarbonyl (C=S) groups is 1. The van der Waals surface area contributed by atoms with Gasteiger partial charge >= 0.3 is 0 Å². The number of hydrogen-bond donors (Lipinski definition) is 0. The maximum Gasteiger partial charge on any atom is 0.153 e. The Hall–Kier alpha value is -3.63. The highest BCUT2D eigenvalue weighted by atomic mass is 32.1. The average molecular weight is 446 g/mol. The molecule has 0 fully saturated rings. The predicted molar refractivity (Wildman–Crippen MR) is 125 cm³/mol. The van der Waals surface area contributed by atoms with Gasteiger partial charge in [0.1, 0.15) is 11.5 Å². The van der Waals surface area contributed by atoms with Crippen molar-refractivity contribution in [2.24, 2.45) is 4.99 Å². The second-order valence-corrected chi connectivity index (χ2v) is 7.10. The first-order valence-electron chi connectivity index (χ1n) is 9.99. The summed E-state index contributed by atoms with van der Waals surface area (Å²) in [5, 5.41) is 1.96. The molecule has 0 radical (unpaired) electrons. The van der Waals surface area contributed by atoms with Gasteiger partial charge in [-0.2, -0.15) is 4.99 Å². The van der Waals surface area contributed by atoms with E-state index >= 15 is 0 Å². The van der Waals surface area contributed by atoms with E-state index in [1.807, 2.05) is 5.16 Å². The van der Waals surface area contributed by atoms with E-state index < -0.39 is 23.1 Å².